The van der Waals surface area contributed by atoms with Crippen molar-refractivity contribution >= 4 is 66.2 Å². The Hall–Kier alpha value is -3.66. The van der Waals surface area contributed by atoms with E-state index in [1.54, 1.807) is 6.07 Å². The van der Waals surface area contributed by atoms with Crippen molar-refractivity contribution in [2.75, 3.05) is 43.4 Å². The minimum Gasteiger partial charge on any atom is -0.461 e. The molecule has 7 rings (SSSR count). The fourth-order valence-corrected chi connectivity index (χ4v) is 8.26. The first kappa shape index (κ1) is 29.1. The van der Waals surface area contributed by atoms with Crippen molar-refractivity contribution in [3.8, 4) is 17.1 Å². The summed E-state index contributed by atoms with van der Waals surface area (Å²) in [6.07, 6.45) is 2.49. The number of nitrogens with two attached hydrogens (primary N) is 1. The largest absolute Gasteiger partial charge is 0.461 e. The van der Waals surface area contributed by atoms with E-state index in [-0.39, 0.29) is 60.8 Å². The standard InChI is InChI=1S/C31H28ClF3N6O2S/c1-37-26-23-18(5-6-21(34)27(23)44-28(26)36)22-20(32)12-19-25(24(22)35)38-30(39-29(19)40-9-2-4-17(42)7-11-40)43-15-31-8-3-10-41(31)14-16(33)13-31/h5-6,12,16H,2-4,7-11,13-15,36H2/t16-,31+/m1/s1. The molecule has 0 radical (unpaired) electrons. The van der Waals surface area contributed by atoms with E-state index in [4.69, 9.17) is 33.6 Å². The maximum atomic E-state index is 16.8. The highest BCUT2D eigenvalue weighted by Gasteiger charge is 2.49. The predicted octanol–water partition coefficient (Wildman–Crippen LogP) is 7.09. The molecular weight excluding hydrogens is 613 g/mol. The highest BCUT2D eigenvalue weighted by molar-refractivity contribution is 7.23. The SMILES string of the molecule is [C-]#[N+]c1c(N)sc2c(F)ccc(-c3c(Cl)cc4c(N5CCCC(=O)CC5)nc(OC[C@@]56CCCN5C[C@H](F)C6)nc4c3F)c12. The van der Waals surface area contributed by atoms with Gasteiger partial charge in [-0.3, -0.25) is 9.69 Å². The summed E-state index contributed by atoms with van der Waals surface area (Å²) in [6, 6.07) is 4.08. The van der Waals surface area contributed by atoms with E-state index in [0.717, 1.165) is 30.7 Å². The van der Waals surface area contributed by atoms with E-state index >= 15 is 4.39 Å². The smallest absolute Gasteiger partial charge is 0.319 e. The number of hydrogen-bond donors (Lipinski definition) is 1. The first-order valence-electron chi connectivity index (χ1n) is 14.6. The number of thiophene rings is 1. The second kappa shape index (κ2) is 11.1. The molecule has 44 heavy (non-hydrogen) atoms. The van der Waals surface area contributed by atoms with Crippen molar-refractivity contribution in [3.63, 3.8) is 0 Å². The summed E-state index contributed by atoms with van der Waals surface area (Å²) < 4.78 is 52.3. The van der Waals surface area contributed by atoms with E-state index in [0.29, 0.717) is 56.5 Å². The topological polar surface area (TPSA) is 88.9 Å². The predicted molar refractivity (Wildman–Crippen MR) is 166 cm³/mol. The molecule has 0 amide bonds. The van der Waals surface area contributed by atoms with Gasteiger partial charge in [0.1, 0.15) is 35.7 Å². The average Bonchev–Trinajstić information content (AvgIpc) is 3.58. The lowest BCUT2D eigenvalue weighted by Gasteiger charge is -2.31. The van der Waals surface area contributed by atoms with Crippen LogP contribution in [0.25, 0.3) is 37.0 Å². The molecule has 0 spiro atoms. The zero-order valence-electron chi connectivity index (χ0n) is 23.6. The summed E-state index contributed by atoms with van der Waals surface area (Å²) in [5.74, 6) is -0.840. The van der Waals surface area contributed by atoms with Crippen LogP contribution < -0.4 is 15.4 Å². The Bertz CT molecular complexity index is 1880. The number of Topliss-reactive ketones (excluding diaryl/α,β-unsaturated/α-hetero) is 1. The number of alkyl halides is 1. The number of ketones is 1. The molecule has 3 saturated heterocycles. The van der Waals surface area contributed by atoms with Gasteiger partial charge in [0.2, 0.25) is 5.69 Å². The van der Waals surface area contributed by atoms with Crippen LogP contribution >= 0.6 is 22.9 Å². The Morgan fingerprint density at radius 1 is 1.20 bits per heavy atom. The molecule has 5 heterocycles. The molecule has 2 atom stereocenters. The Balaban J connectivity index is 1.39. The van der Waals surface area contributed by atoms with Crippen LogP contribution in [0.15, 0.2) is 18.2 Å². The van der Waals surface area contributed by atoms with E-state index in [2.05, 4.69) is 14.7 Å². The van der Waals surface area contributed by atoms with E-state index in [1.165, 1.54) is 12.1 Å². The number of carbonyl (C=O) groups is 1. The van der Waals surface area contributed by atoms with Gasteiger partial charge >= 0.3 is 6.01 Å². The van der Waals surface area contributed by atoms with Gasteiger partial charge in [-0.15, -0.1) is 11.3 Å². The molecule has 13 heteroatoms. The van der Waals surface area contributed by atoms with Crippen molar-refractivity contribution in [1.29, 1.82) is 0 Å². The van der Waals surface area contributed by atoms with Gasteiger partial charge in [-0.1, -0.05) is 17.7 Å². The number of carbonyl (C=O) groups excluding carboxylic acids is 1. The van der Waals surface area contributed by atoms with Crippen LogP contribution in [0.2, 0.25) is 5.02 Å². The van der Waals surface area contributed by atoms with Crippen LogP contribution in [0, 0.1) is 18.2 Å². The first-order chi connectivity index (χ1) is 21.2. The summed E-state index contributed by atoms with van der Waals surface area (Å²) in [5.41, 5.74) is 5.70. The van der Waals surface area contributed by atoms with Gasteiger partial charge in [0.15, 0.2) is 5.82 Å². The third-order valence-corrected chi connectivity index (χ3v) is 10.4. The van der Waals surface area contributed by atoms with Gasteiger partial charge in [-0.2, -0.15) is 9.97 Å². The number of nitrogen functional groups attached to an aromatic ring is 1. The Kier molecular flexibility index (Phi) is 7.30. The molecule has 0 unspecified atom stereocenters. The molecular formula is C31H28ClF3N6O2S. The molecule has 2 N–H and O–H groups in total. The maximum Gasteiger partial charge on any atom is 0.319 e. The number of benzene rings is 2. The number of hydrogen-bond acceptors (Lipinski definition) is 8. The third kappa shape index (κ3) is 4.73. The molecule has 4 aromatic rings. The quantitative estimate of drug-likeness (QED) is 0.233. The van der Waals surface area contributed by atoms with Crippen LogP contribution in [-0.2, 0) is 4.79 Å². The monoisotopic (exact) mass is 640 g/mol. The second-order valence-corrected chi connectivity index (χ2v) is 13.2. The van der Waals surface area contributed by atoms with Crippen LogP contribution in [0.4, 0.5) is 29.7 Å². The zero-order valence-corrected chi connectivity index (χ0v) is 25.2. The van der Waals surface area contributed by atoms with Crippen molar-refractivity contribution in [1.82, 2.24) is 14.9 Å². The van der Waals surface area contributed by atoms with Gasteiger partial charge < -0.3 is 15.4 Å². The van der Waals surface area contributed by atoms with Crippen molar-refractivity contribution in [2.24, 2.45) is 0 Å². The van der Waals surface area contributed by atoms with Gasteiger partial charge in [0.05, 0.1) is 26.8 Å². The summed E-state index contributed by atoms with van der Waals surface area (Å²) in [5, 5.41) is 0.657. The Morgan fingerprint density at radius 3 is 2.86 bits per heavy atom. The molecule has 3 aliphatic heterocycles. The molecule has 2 aromatic carbocycles. The van der Waals surface area contributed by atoms with Crippen molar-refractivity contribution < 1.29 is 22.7 Å². The lowest BCUT2D eigenvalue weighted by molar-refractivity contribution is -0.118. The van der Waals surface area contributed by atoms with Gasteiger partial charge in [-0.05, 0) is 43.5 Å². The minimum absolute atomic E-state index is 0.0217. The fourth-order valence-electron chi connectivity index (χ4n) is 7.03. The summed E-state index contributed by atoms with van der Waals surface area (Å²) in [7, 11) is 0. The number of ether oxygens (including phenoxy) is 1. The third-order valence-electron chi connectivity index (χ3n) is 9.09. The van der Waals surface area contributed by atoms with E-state index in [9.17, 15) is 13.6 Å². The van der Waals surface area contributed by atoms with E-state index in [1.807, 2.05) is 4.90 Å². The number of anilines is 2. The van der Waals surface area contributed by atoms with E-state index < -0.39 is 23.3 Å². The van der Waals surface area contributed by atoms with Gasteiger partial charge in [0, 0.05) is 55.2 Å². The Labute approximate surface area is 260 Å². The molecule has 0 saturated carbocycles. The van der Waals surface area contributed by atoms with Crippen LogP contribution in [0.5, 0.6) is 6.01 Å². The average molecular weight is 641 g/mol. The summed E-state index contributed by atoms with van der Waals surface area (Å²) in [6.45, 7) is 9.84. The number of aromatic nitrogens is 2. The van der Waals surface area contributed by atoms with Crippen molar-refractivity contribution in [3.05, 3.63) is 46.3 Å². The number of fused-ring (bicyclic) bond motifs is 3. The minimum atomic E-state index is -0.942. The lowest BCUT2D eigenvalue weighted by atomic mass is 9.95. The number of nitrogens with zero attached hydrogens (tertiary/aromatic N) is 5. The normalized spacial score (nSPS) is 22.5. The molecule has 2 aromatic heterocycles. The molecule has 0 aliphatic carbocycles. The van der Waals surface area contributed by atoms with Crippen molar-refractivity contribution in [2.45, 2.75) is 50.2 Å². The van der Waals surface area contributed by atoms with Gasteiger partial charge in [0.25, 0.3) is 0 Å². The molecule has 0 bridgehead atoms. The van der Waals surface area contributed by atoms with Crippen LogP contribution in [-0.4, -0.2) is 65.1 Å². The summed E-state index contributed by atoms with van der Waals surface area (Å²) in [4.78, 5) is 28.9. The Morgan fingerprint density at radius 2 is 2.05 bits per heavy atom. The van der Waals surface area contributed by atoms with Crippen LogP contribution in [0.1, 0.15) is 38.5 Å². The van der Waals surface area contributed by atoms with Crippen LogP contribution in [0.3, 0.4) is 0 Å². The number of halogens is 4. The molecule has 3 aliphatic rings. The molecule has 8 nitrogen and oxygen atoms in total. The lowest BCUT2D eigenvalue weighted by Crippen LogP contribution is -2.43. The zero-order chi connectivity index (χ0) is 30.7. The fraction of sp³-hybridized carbons (Fsp3) is 0.419. The summed E-state index contributed by atoms with van der Waals surface area (Å²) >= 11 is 7.69. The molecule has 3 fully saturated rings. The number of rotatable bonds is 5. The highest BCUT2D eigenvalue weighted by Crippen LogP contribution is 2.49. The van der Waals surface area contributed by atoms with Gasteiger partial charge in [-0.25, -0.2) is 18.0 Å². The molecule has 228 valence electrons. The first-order valence-corrected chi connectivity index (χ1v) is 15.7. The second-order valence-electron chi connectivity index (χ2n) is 11.7. The highest BCUT2D eigenvalue weighted by atomic mass is 35.5. The maximum absolute atomic E-state index is 16.8.